The van der Waals surface area contributed by atoms with E-state index in [9.17, 15) is 0 Å². The molecular weight excluding hydrogens is 274 g/mol. The van der Waals surface area contributed by atoms with E-state index in [4.69, 9.17) is 0 Å². The molecule has 2 N–H and O–H groups in total. The van der Waals surface area contributed by atoms with Crippen LogP contribution in [-0.4, -0.2) is 39.0 Å². The zero-order chi connectivity index (χ0) is 14.8. The van der Waals surface area contributed by atoms with Crippen molar-refractivity contribution < 1.29 is 0 Å². The third-order valence-electron chi connectivity index (χ3n) is 4.22. The molecule has 0 bridgehead atoms. The second-order valence-corrected chi connectivity index (χ2v) is 5.81. The van der Waals surface area contributed by atoms with Crippen LogP contribution in [0.5, 0.6) is 0 Å². The van der Waals surface area contributed by atoms with Gasteiger partial charge in [0.2, 0.25) is 0 Å². The molecule has 5 nitrogen and oxygen atoms in total. The molecule has 0 radical (unpaired) electrons. The normalized spacial score (nSPS) is 18.8. The van der Waals surface area contributed by atoms with Crippen molar-refractivity contribution in [3.63, 3.8) is 0 Å². The summed E-state index contributed by atoms with van der Waals surface area (Å²) in [6.45, 7) is 3.18. The number of benzene rings is 1. The number of likely N-dealkylation sites (tertiary alicyclic amines) is 1. The first kappa shape index (κ1) is 13.3. The summed E-state index contributed by atoms with van der Waals surface area (Å²) in [6.07, 6.45) is 4.65. The van der Waals surface area contributed by atoms with Crippen LogP contribution in [0.3, 0.4) is 0 Å². The van der Waals surface area contributed by atoms with Gasteiger partial charge in [-0.25, -0.2) is 9.97 Å². The van der Waals surface area contributed by atoms with E-state index < -0.39 is 0 Å². The van der Waals surface area contributed by atoms with Gasteiger partial charge in [0.25, 0.3) is 0 Å². The molecule has 0 aliphatic carbocycles. The van der Waals surface area contributed by atoms with Gasteiger partial charge in [0.05, 0.1) is 5.39 Å². The van der Waals surface area contributed by atoms with Crippen molar-refractivity contribution in [2.24, 2.45) is 0 Å². The van der Waals surface area contributed by atoms with Crippen LogP contribution in [0.1, 0.15) is 12.0 Å². The second-order valence-electron chi connectivity index (χ2n) is 5.81. The van der Waals surface area contributed by atoms with E-state index in [1.54, 1.807) is 6.33 Å². The number of nitrogens with zero attached hydrogens (tertiary/aromatic N) is 3. The third-order valence-corrected chi connectivity index (χ3v) is 4.22. The molecule has 3 aromatic rings. The SMILES string of the molecule is c1ccc(CN2CCC(Nc3ncnc4[nH]ccc34)C2)cc1. The van der Waals surface area contributed by atoms with Gasteiger partial charge in [-0.3, -0.25) is 4.90 Å². The monoisotopic (exact) mass is 293 g/mol. The number of hydrogen-bond donors (Lipinski definition) is 2. The van der Waals surface area contributed by atoms with Gasteiger partial charge in [0.15, 0.2) is 0 Å². The molecule has 0 spiro atoms. The Morgan fingerprint density at radius 1 is 1.18 bits per heavy atom. The Balaban J connectivity index is 1.42. The van der Waals surface area contributed by atoms with Crippen molar-refractivity contribution in [3.8, 4) is 0 Å². The first-order chi connectivity index (χ1) is 10.9. The van der Waals surface area contributed by atoms with Crippen molar-refractivity contribution in [1.29, 1.82) is 0 Å². The van der Waals surface area contributed by atoms with Gasteiger partial charge in [-0.05, 0) is 18.1 Å². The molecule has 4 rings (SSSR count). The topological polar surface area (TPSA) is 56.8 Å². The number of H-pyrrole nitrogens is 1. The van der Waals surface area contributed by atoms with E-state index >= 15 is 0 Å². The van der Waals surface area contributed by atoms with E-state index in [2.05, 4.69) is 55.5 Å². The molecule has 0 amide bonds. The maximum atomic E-state index is 4.39. The van der Waals surface area contributed by atoms with Gasteiger partial charge in [0, 0.05) is 31.9 Å². The van der Waals surface area contributed by atoms with Crippen molar-refractivity contribution in [1.82, 2.24) is 19.9 Å². The number of nitrogens with one attached hydrogen (secondary N) is 2. The van der Waals surface area contributed by atoms with Crippen LogP contribution >= 0.6 is 0 Å². The van der Waals surface area contributed by atoms with Gasteiger partial charge in [-0.2, -0.15) is 0 Å². The Bertz CT molecular complexity index is 752. The number of aromatic amines is 1. The predicted molar refractivity (Wildman–Crippen MR) is 87.6 cm³/mol. The fraction of sp³-hybridized carbons (Fsp3) is 0.294. The summed E-state index contributed by atoms with van der Waals surface area (Å²) in [4.78, 5) is 14.2. The fourth-order valence-corrected chi connectivity index (χ4v) is 3.12. The average Bonchev–Trinajstić information content (AvgIpc) is 3.18. The Labute approximate surface area is 129 Å². The van der Waals surface area contributed by atoms with Crippen LogP contribution in [0.4, 0.5) is 5.82 Å². The zero-order valence-electron chi connectivity index (χ0n) is 12.4. The number of fused-ring (bicyclic) bond motifs is 1. The summed E-state index contributed by atoms with van der Waals surface area (Å²) < 4.78 is 0. The molecule has 1 aliphatic heterocycles. The Kier molecular flexibility index (Phi) is 3.48. The van der Waals surface area contributed by atoms with Crippen molar-refractivity contribution in [3.05, 3.63) is 54.5 Å². The molecule has 22 heavy (non-hydrogen) atoms. The highest BCUT2D eigenvalue weighted by atomic mass is 15.2. The van der Waals surface area contributed by atoms with Gasteiger partial charge in [-0.1, -0.05) is 30.3 Å². The van der Waals surface area contributed by atoms with Gasteiger partial charge in [-0.15, -0.1) is 0 Å². The summed E-state index contributed by atoms with van der Waals surface area (Å²) in [5, 5.41) is 4.63. The lowest BCUT2D eigenvalue weighted by Crippen LogP contribution is -2.26. The molecule has 1 fully saturated rings. The molecule has 0 saturated carbocycles. The summed E-state index contributed by atoms with van der Waals surface area (Å²) in [6, 6.07) is 13.1. The van der Waals surface area contributed by atoms with E-state index in [1.165, 1.54) is 5.56 Å². The van der Waals surface area contributed by atoms with E-state index in [1.807, 2.05) is 12.3 Å². The smallest absolute Gasteiger partial charge is 0.142 e. The number of rotatable bonds is 4. The van der Waals surface area contributed by atoms with Crippen molar-refractivity contribution in [2.75, 3.05) is 18.4 Å². The third kappa shape index (κ3) is 2.67. The van der Waals surface area contributed by atoms with E-state index in [0.717, 1.165) is 42.9 Å². The Morgan fingerprint density at radius 3 is 3.00 bits per heavy atom. The molecule has 1 unspecified atom stereocenters. The Hall–Kier alpha value is -2.40. The van der Waals surface area contributed by atoms with Crippen LogP contribution in [0.25, 0.3) is 11.0 Å². The summed E-state index contributed by atoms with van der Waals surface area (Å²) in [5.74, 6) is 0.929. The standard InChI is InChI=1S/C17H19N5/c1-2-4-13(5-3-1)10-22-9-7-14(11-22)21-17-15-6-8-18-16(15)19-12-20-17/h1-6,8,12,14H,7,9-11H2,(H2,18,19,20,21). The summed E-state index contributed by atoms with van der Waals surface area (Å²) >= 11 is 0. The first-order valence-corrected chi connectivity index (χ1v) is 7.69. The van der Waals surface area contributed by atoms with Gasteiger partial charge in [0.1, 0.15) is 17.8 Å². The molecule has 1 atom stereocenters. The number of anilines is 1. The van der Waals surface area contributed by atoms with Crippen LogP contribution < -0.4 is 5.32 Å². The molecule has 1 aromatic carbocycles. The van der Waals surface area contributed by atoms with Crippen molar-refractivity contribution >= 4 is 16.9 Å². The minimum Gasteiger partial charge on any atom is -0.365 e. The highest BCUT2D eigenvalue weighted by Gasteiger charge is 2.23. The van der Waals surface area contributed by atoms with Crippen LogP contribution in [-0.2, 0) is 6.54 Å². The second kappa shape index (κ2) is 5.77. The molecule has 3 heterocycles. The first-order valence-electron chi connectivity index (χ1n) is 7.69. The summed E-state index contributed by atoms with van der Waals surface area (Å²) in [7, 11) is 0. The number of aromatic nitrogens is 3. The van der Waals surface area contributed by atoms with Crippen LogP contribution in [0.2, 0.25) is 0 Å². The average molecular weight is 293 g/mol. The minimum atomic E-state index is 0.441. The Morgan fingerprint density at radius 2 is 2.09 bits per heavy atom. The van der Waals surface area contributed by atoms with E-state index in [0.29, 0.717) is 6.04 Å². The maximum absolute atomic E-state index is 4.39. The lowest BCUT2D eigenvalue weighted by atomic mass is 10.2. The van der Waals surface area contributed by atoms with Gasteiger partial charge < -0.3 is 10.3 Å². The number of hydrogen-bond acceptors (Lipinski definition) is 4. The van der Waals surface area contributed by atoms with E-state index in [-0.39, 0.29) is 0 Å². The largest absolute Gasteiger partial charge is 0.365 e. The highest BCUT2D eigenvalue weighted by Crippen LogP contribution is 2.21. The fourth-order valence-electron chi connectivity index (χ4n) is 3.12. The quantitative estimate of drug-likeness (QED) is 0.776. The lowest BCUT2D eigenvalue weighted by molar-refractivity contribution is 0.328. The van der Waals surface area contributed by atoms with Crippen LogP contribution in [0, 0.1) is 0 Å². The van der Waals surface area contributed by atoms with Crippen LogP contribution in [0.15, 0.2) is 48.9 Å². The zero-order valence-corrected chi connectivity index (χ0v) is 12.4. The van der Waals surface area contributed by atoms with Gasteiger partial charge >= 0.3 is 0 Å². The highest BCUT2D eigenvalue weighted by molar-refractivity contribution is 5.86. The molecule has 1 saturated heterocycles. The lowest BCUT2D eigenvalue weighted by Gasteiger charge is -2.17. The maximum Gasteiger partial charge on any atom is 0.142 e. The molecule has 2 aromatic heterocycles. The predicted octanol–water partition coefficient (Wildman–Crippen LogP) is 2.64. The minimum absolute atomic E-state index is 0.441. The molecular formula is C17H19N5. The molecule has 1 aliphatic rings. The molecule has 112 valence electrons. The summed E-state index contributed by atoms with van der Waals surface area (Å²) in [5.41, 5.74) is 2.26. The molecule has 5 heteroatoms. The van der Waals surface area contributed by atoms with Crippen molar-refractivity contribution in [2.45, 2.75) is 19.0 Å².